The molecule has 1 saturated heterocycles. The molecule has 1 fully saturated rings. The highest BCUT2D eigenvalue weighted by Gasteiger charge is 2.63. The number of halogens is 5. The SMILES string of the molecule is CC1N(Cc2ccccc2Cl)[C@@H](C(=O)NC(C)(C)C)[C@H](c2cccc(Cl)c2F)[C@@]1(C#N)c1ccc(Cl)cc1F. The van der Waals surface area contributed by atoms with Gasteiger partial charge in [0.1, 0.15) is 17.0 Å². The van der Waals surface area contributed by atoms with Crippen LogP contribution in [0.3, 0.4) is 0 Å². The van der Waals surface area contributed by atoms with Gasteiger partial charge in [-0.3, -0.25) is 9.69 Å². The first-order valence-corrected chi connectivity index (χ1v) is 13.6. The van der Waals surface area contributed by atoms with Crippen molar-refractivity contribution in [3.05, 3.63) is 104 Å². The lowest BCUT2D eigenvalue weighted by molar-refractivity contribution is -0.128. The number of nitrogens with zero attached hydrogens (tertiary/aromatic N) is 2. The minimum atomic E-state index is -1.71. The van der Waals surface area contributed by atoms with Gasteiger partial charge >= 0.3 is 0 Å². The van der Waals surface area contributed by atoms with Gasteiger partial charge in [-0.15, -0.1) is 0 Å². The van der Waals surface area contributed by atoms with Crippen molar-refractivity contribution < 1.29 is 13.6 Å². The third-order valence-electron chi connectivity index (χ3n) is 7.28. The second-order valence-electron chi connectivity index (χ2n) is 10.8. The zero-order chi connectivity index (χ0) is 28.7. The van der Waals surface area contributed by atoms with Crippen molar-refractivity contribution in [2.24, 2.45) is 0 Å². The molecule has 4 atom stereocenters. The largest absolute Gasteiger partial charge is 0.350 e. The molecule has 4 nitrogen and oxygen atoms in total. The Morgan fingerprint density at radius 3 is 2.33 bits per heavy atom. The highest BCUT2D eigenvalue weighted by atomic mass is 35.5. The molecular weight excluding hydrogens is 563 g/mol. The van der Waals surface area contributed by atoms with E-state index in [0.29, 0.717) is 10.6 Å². The first-order valence-electron chi connectivity index (χ1n) is 12.4. The molecule has 4 rings (SSSR count). The van der Waals surface area contributed by atoms with Crippen LogP contribution < -0.4 is 5.32 Å². The minimum absolute atomic E-state index is 0.0153. The van der Waals surface area contributed by atoms with E-state index in [2.05, 4.69) is 11.4 Å². The minimum Gasteiger partial charge on any atom is -0.350 e. The second kappa shape index (κ2) is 11.1. The summed E-state index contributed by atoms with van der Waals surface area (Å²) < 4.78 is 31.5. The van der Waals surface area contributed by atoms with Crippen molar-refractivity contribution >= 4 is 40.7 Å². The quantitative estimate of drug-likeness (QED) is 0.332. The molecule has 3 aromatic carbocycles. The van der Waals surface area contributed by atoms with E-state index in [0.717, 1.165) is 6.07 Å². The van der Waals surface area contributed by atoms with Gasteiger partial charge in [0.25, 0.3) is 0 Å². The summed E-state index contributed by atoms with van der Waals surface area (Å²) in [5, 5.41) is 14.4. The number of carbonyl (C=O) groups excluding carboxylic acids is 1. The molecule has 1 N–H and O–H groups in total. The topological polar surface area (TPSA) is 56.1 Å². The molecule has 1 amide bonds. The molecule has 1 aliphatic heterocycles. The summed E-state index contributed by atoms with van der Waals surface area (Å²) in [4.78, 5) is 15.9. The van der Waals surface area contributed by atoms with Crippen LogP contribution in [0.5, 0.6) is 0 Å². The number of amides is 1. The zero-order valence-electron chi connectivity index (χ0n) is 21.9. The fourth-order valence-electron chi connectivity index (χ4n) is 5.62. The van der Waals surface area contributed by atoms with Crippen LogP contribution in [-0.2, 0) is 16.8 Å². The number of benzene rings is 3. The molecule has 1 heterocycles. The molecule has 1 aliphatic rings. The van der Waals surface area contributed by atoms with Gasteiger partial charge in [0, 0.05) is 39.7 Å². The summed E-state index contributed by atoms with van der Waals surface area (Å²) in [5.41, 5.74) is -1.59. The number of nitrogens with one attached hydrogen (secondary N) is 1. The van der Waals surface area contributed by atoms with Crippen LogP contribution in [0.15, 0.2) is 60.7 Å². The van der Waals surface area contributed by atoms with Crippen molar-refractivity contribution in [3.63, 3.8) is 0 Å². The molecular formula is C30H28Cl3F2N3O. The molecule has 0 aliphatic carbocycles. The first-order chi connectivity index (χ1) is 18.3. The van der Waals surface area contributed by atoms with E-state index in [-0.39, 0.29) is 27.7 Å². The van der Waals surface area contributed by atoms with Gasteiger partial charge in [-0.2, -0.15) is 5.26 Å². The molecule has 3 aromatic rings. The molecule has 0 saturated carbocycles. The predicted molar refractivity (Wildman–Crippen MR) is 151 cm³/mol. The van der Waals surface area contributed by atoms with Crippen molar-refractivity contribution in [2.45, 2.75) is 63.2 Å². The molecule has 0 aromatic heterocycles. The van der Waals surface area contributed by atoms with Crippen LogP contribution in [0.1, 0.15) is 50.3 Å². The number of nitriles is 1. The number of hydrogen-bond acceptors (Lipinski definition) is 3. The molecule has 0 radical (unpaired) electrons. The van der Waals surface area contributed by atoms with Gasteiger partial charge in [0.2, 0.25) is 5.91 Å². The summed E-state index contributed by atoms with van der Waals surface area (Å²) in [6, 6.07) is 16.1. The predicted octanol–water partition coefficient (Wildman–Crippen LogP) is 7.66. The average molecular weight is 591 g/mol. The van der Waals surface area contributed by atoms with Crippen LogP contribution in [0.2, 0.25) is 15.1 Å². The summed E-state index contributed by atoms with van der Waals surface area (Å²) in [6.45, 7) is 7.38. The van der Waals surface area contributed by atoms with E-state index in [1.54, 1.807) is 30.0 Å². The Bertz CT molecular complexity index is 1450. The maximum absolute atomic E-state index is 15.8. The van der Waals surface area contributed by atoms with E-state index in [1.165, 1.54) is 24.3 Å². The lowest BCUT2D eigenvalue weighted by Gasteiger charge is -2.34. The Morgan fingerprint density at radius 1 is 1.05 bits per heavy atom. The standard InChI is InChI=1S/C30H28Cl3F2N3O/c1-17-30(16-36,21-13-12-19(31)14-24(21)34)25(20-9-7-11-23(33)26(20)35)27(28(39)37-29(2,3)4)38(17)15-18-8-5-6-10-22(18)32/h5-14,17,25,27H,15H2,1-4H3,(H,37,39)/t17?,25-,27+,30+/m0/s1. The fraction of sp³-hybridized carbons (Fsp3) is 0.333. The van der Waals surface area contributed by atoms with E-state index >= 15 is 8.78 Å². The maximum Gasteiger partial charge on any atom is 0.238 e. The molecule has 0 spiro atoms. The lowest BCUT2D eigenvalue weighted by Crippen LogP contribution is -2.52. The van der Waals surface area contributed by atoms with E-state index in [9.17, 15) is 10.1 Å². The number of rotatable bonds is 5. The highest BCUT2D eigenvalue weighted by Crippen LogP contribution is 2.55. The van der Waals surface area contributed by atoms with E-state index in [4.69, 9.17) is 34.8 Å². The Labute approximate surface area is 242 Å². The second-order valence-corrected chi connectivity index (χ2v) is 12.1. The smallest absolute Gasteiger partial charge is 0.238 e. The van der Waals surface area contributed by atoms with Gasteiger partial charge in [-0.05, 0) is 63.1 Å². The Balaban J connectivity index is 2.05. The van der Waals surface area contributed by atoms with Crippen molar-refractivity contribution in [3.8, 4) is 6.07 Å². The molecule has 204 valence electrons. The van der Waals surface area contributed by atoms with Crippen molar-refractivity contribution in [1.29, 1.82) is 5.26 Å². The van der Waals surface area contributed by atoms with Gasteiger partial charge in [-0.25, -0.2) is 8.78 Å². The molecule has 0 bridgehead atoms. The first kappa shape index (κ1) is 29.3. The van der Waals surface area contributed by atoms with Gasteiger partial charge < -0.3 is 5.32 Å². The van der Waals surface area contributed by atoms with Gasteiger partial charge in [0.15, 0.2) is 0 Å². The molecule has 39 heavy (non-hydrogen) atoms. The summed E-state index contributed by atoms with van der Waals surface area (Å²) in [6.07, 6.45) is 0. The number of hydrogen-bond donors (Lipinski definition) is 1. The van der Waals surface area contributed by atoms with Gasteiger partial charge in [0.05, 0.1) is 17.1 Å². The Morgan fingerprint density at radius 2 is 1.72 bits per heavy atom. The van der Waals surface area contributed by atoms with Crippen molar-refractivity contribution in [1.82, 2.24) is 10.2 Å². The van der Waals surface area contributed by atoms with Crippen LogP contribution in [-0.4, -0.2) is 28.4 Å². The fourth-order valence-corrected chi connectivity index (χ4v) is 6.16. The van der Waals surface area contributed by atoms with Gasteiger partial charge in [-0.1, -0.05) is 71.2 Å². The third kappa shape index (κ3) is 5.38. The van der Waals surface area contributed by atoms with Crippen molar-refractivity contribution in [2.75, 3.05) is 0 Å². The van der Waals surface area contributed by atoms with Crippen LogP contribution in [0.25, 0.3) is 0 Å². The summed E-state index contributed by atoms with van der Waals surface area (Å²) in [5.74, 6) is -3.06. The van der Waals surface area contributed by atoms with Crippen LogP contribution in [0, 0.1) is 23.0 Å². The molecule has 1 unspecified atom stereocenters. The average Bonchev–Trinajstić information content (AvgIpc) is 3.09. The lowest BCUT2D eigenvalue weighted by atomic mass is 9.65. The number of carbonyl (C=O) groups is 1. The summed E-state index contributed by atoms with van der Waals surface area (Å²) in [7, 11) is 0. The zero-order valence-corrected chi connectivity index (χ0v) is 24.2. The molecule has 9 heteroatoms. The van der Waals surface area contributed by atoms with Crippen LogP contribution >= 0.6 is 34.8 Å². The Kier molecular flexibility index (Phi) is 8.31. The van der Waals surface area contributed by atoms with E-state index < -0.39 is 46.5 Å². The third-order valence-corrected chi connectivity index (χ3v) is 8.17. The highest BCUT2D eigenvalue weighted by molar-refractivity contribution is 6.31. The van der Waals surface area contributed by atoms with Crippen LogP contribution in [0.4, 0.5) is 8.78 Å². The number of likely N-dealkylation sites (tertiary alicyclic amines) is 1. The normalized spacial score (nSPS) is 23.4. The monoisotopic (exact) mass is 589 g/mol. The summed E-state index contributed by atoms with van der Waals surface area (Å²) >= 11 is 18.8. The van der Waals surface area contributed by atoms with E-state index in [1.807, 2.05) is 32.9 Å². The maximum atomic E-state index is 15.8. The Hall–Kier alpha value is -2.69.